The molecular weight excluding hydrogens is 202 g/mol. The maximum absolute atomic E-state index is 5.78. The zero-order chi connectivity index (χ0) is 11.5. The second kappa shape index (κ2) is 4.30. The number of hydrogen-bond donors (Lipinski definition) is 1. The Morgan fingerprint density at radius 1 is 1.38 bits per heavy atom. The third-order valence-corrected chi connectivity index (χ3v) is 2.39. The Hall–Kier alpha value is -1.91. The number of rotatable bonds is 3. The van der Waals surface area contributed by atoms with Gasteiger partial charge in [-0.1, -0.05) is 25.1 Å². The van der Waals surface area contributed by atoms with E-state index >= 15 is 0 Å². The lowest BCUT2D eigenvalue weighted by atomic mass is 10.1. The van der Waals surface area contributed by atoms with Gasteiger partial charge in [-0.05, 0) is 18.1 Å². The van der Waals surface area contributed by atoms with Crippen molar-refractivity contribution in [2.24, 2.45) is 0 Å². The highest BCUT2D eigenvalue weighted by molar-refractivity contribution is 5.35. The van der Waals surface area contributed by atoms with Crippen LogP contribution in [0.4, 0.5) is 5.82 Å². The Labute approximate surface area is 94.3 Å². The molecule has 0 unspecified atom stereocenters. The number of pyridine rings is 1. The minimum absolute atomic E-state index is 0.304. The molecule has 0 amide bonds. The van der Waals surface area contributed by atoms with Gasteiger partial charge >= 0.3 is 0 Å². The number of nitrogens with two attached hydrogens (primary N) is 1. The van der Waals surface area contributed by atoms with Crippen molar-refractivity contribution in [2.45, 2.75) is 26.3 Å². The van der Waals surface area contributed by atoms with Crippen molar-refractivity contribution >= 4 is 5.82 Å². The number of nitrogens with zero attached hydrogens (tertiary/aromatic N) is 4. The van der Waals surface area contributed by atoms with Crippen LogP contribution in [0, 0.1) is 0 Å². The highest BCUT2D eigenvalue weighted by atomic mass is 15.4. The van der Waals surface area contributed by atoms with Gasteiger partial charge in [0.15, 0.2) is 5.82 Å². The lowest BCUT2D eigenvalue weighted by molar-refractivity contribution is 0.590. The molecule has 2 N–H and O–H groups in total. The van der Waals surface area contributed by atoms with E-state index in [1.54, 1.807) is 6.20 Å². The largest absolute Gasteiger partial charge is 0.381 e. The topological polar surface area (TPSA) is 69.6 Å². The molecule has 0 saturated carbocycles. The lowest BCUT2D eigenvalue weighted by Gasteiger charge is -2.08. The molecule has 0 aromatic carbocycles. The van der Waals surface area contributed by atoms with E-state index in [1.165, 1.54) is 0 Å². The first-order chi connectivity index (χ1) is 7.68. The van der Waals surface area contributed by atoms with E-state index in [-0.39, 0.29) is 0 Å². The van der Waals surface area contributed by atoms with E-state index in [1.807, 2.05) is 22.9 Å². The average Bonchev–Trinajstić information content (AvgIpc) is 2.61. The molecule has 0 saturated heterocycles. The van der Waals surface area contributed by atoms with Gasteiger partial charge in [0.05, 0.1) is 17.9 Å². The van der Waals surface area contributed by atoms with Crippen LogP contribution >= 0.6 is 0 Å². The monoisotopic (exact) mass is 217 g/mol. The normalized spacial score (nSPS) is 10.9. The summed E-state index contributed by atoms with van der Waals surface area (Å²) < 4.78 is 1.81. The molecule has 0 fully saturated rings. The number of anilines is 1. The summed E-state index contributed by atoms with van der Waals surface area (Å²) in [6.07, 6.45) is 1.77. The third-order valence-electron chi connectivity index (χ3n) is 2.39. The molecule has 16 heavy (non-hydrogen) atoms. The van der Waals surface area contributed by atoms with Crippen LogP contribution in [-0.4, -0.2) is 20.0 Å². The standard InChI is InChI=1S/C11H15N5/c1-8(2)10-11(12)14-15-16(10)7-9-5-3-4-6-13-9/h3-6,8H,7,12H2,1-2H3. The molecule has 84 valence electrons. The fourth-order valence-corrected chi connectivity index (χ4v) is 1.69. The van der Waals surface area contributed by atoms with Crippen molar-refractivity contribution in [1.82, 2.24) is 20.0 Å². The van der Waals surface area contributed by atoms with E-state index in [2.05, 4.69) is 29.1 Å². The van der Waals surface area contributed by atoms with Gasteiger partial charge in [0.25, 0.3) is 0 Å². The SMILES string of the molecule is CC(C)c1c(N)nnn1Cc1ccccn1. The van der Waals surface area contributed by atoms with E-state index in [9.17, 15) is 0 Å². The van der Waals surface area contributed by atoms with Crippen LogP contribution in [0.15, 0.2) is 24.4 Å². The predicted molar refractivity (Wildman–Crippen MR) is 61.9 cm³/mol. The summed E-state index contributed by atoms with van der Waals surface area (Å²) in [5.74, 6) is 0.810. The van der Waals surface area contributed by atoms with Crippen molar-refractivity contribution in [3.05, 3.63) is 35.8 Å². The summed E-state index contributed by atoms with van der Waals surface area (Å²) in [6.45, 7) is 4.76. The van der Waals surface area contributed by atoms with Crippen LogP contribution < -0.4 is 5.73 Å². The Morgan fingerprint density at radius 2 is 2.19 bits per heavy atom. The highest BCUT2D eigenvalue weighted by Crippen LogP contribution is 2.19. The van der Waals surface area contributed by atoms with Crippen LogP contribution in [0.1, 0.15) is 31.2 Å². The molecule has 0 aliphatic heterocycles. The van der Waals surface area contributed by atoms with E-state index in [4.69, 9.17) is 5.73 Å². The van der Waals surface area contributed by atoms with Crippen LogP contribution in [0.5, 0.6) is 0 Å². The van der Waals surface area contributed by atoms with Gasteiger partial charge in [-0.25, -0.2) is 4.68 Å². The Bertz CT molecular complexity index is 460. The van der Waals surface area contributed by atoms with E-state index in [0.717, 1.165) is 11.4 Å². The predicted octanol–water partition coefficient (Wildman–Crippen LogP) is 1.43. The molecule has 2 aromatic rings. The molecule has 0 atom stereocenters. The Morgan fingerprint density at radius 3 is 2.81 bits per heavy atom. The summed E-state index contributed by atoms with van der Waals surface area (Å²) in [7, 11) is 0. The van der Waals surface area contributed by atoms with E-state index < -0.39 is 0 Å². The van der Waals surface area contributed by atoms with Crippen LogP contribution in [0.2, 0.25) is 0 Å². The summed E-state index contributed by atoms with van der Waals surface area (Å²) >= 11 is 0. The van der Waals surface area contributed by atoms with Gasteiger partial charge in [-0.15, -0.1) is 5.10 Å². The molecule has 2 rings (SSSR count). The zero-order valence-electron chi connectivity index (χ0n) is 9.46. The maximum Gasteiger partial charge on any atom is 0.169 e. The quantitative estimate of drug-likeness (QED) is 0.844. The smallest absolute Gasteiger partial charge is 0.169 e. The maximum atomic E-state index is 5.78. The summed E-state index contributed by atoms with van der Waals surface area (Å²) in [4.78, 5) is 4.25. The number of aromatic nitrogens is 4. The van der Waals surface area contributed by atoms with Gasteiger partial charge in [0.1, 0.15) is 0 Å². The molecule has 2 aromatic heterocycles. The second-order valence-electron chi connectivity index (χ2n) is 3.99. The molecule has 5 nitrogen and oxygen atoms in total. The van der Waals surface area contributed by atoms with Gasteiger partial charge in [-0.2, -0.15) is 0 Å². The molecule has 0 aliphatic carbocycles. The molecule has 0 radical (unpaired) electrons. The number of nitrogen functional groups attached to an aromatic ring is 1. The molecule has 0 aliphatic rings. The Balaban J connectivity index is 2.29. The number of hydrogen-bond acceptors (Lipinski definition) is 4. The summed E-state index contributed by atoms with van der Waals surface area (Å²) in [5, 5.41) is 7.93. The van der Waals surface area contributed by atoms with Crippen molar-refractivity contribution in [3.8, 4) is 0 Å². The summed E-state index contributed by atoms with van der Waals surface area (Å²) in [5.41, 5.74) is 7.70. The van der Waals surface area contributed by atoms with Crippen LogP contribution in [-0.2, 0) is 6.54 Å². The third kappa shape index (κ3) is 2.03. The summed E-state index contributed by atoms with van der Waals surface area (Å²) in [6, 6.07) is 5.81. The molecule has 5 heteroatoms. The Kier molecular flexibility index (Phi) is 2.85. The first-order valence-corrected chi connectivity index (χ1v) is 5.27. The van der Waals surface area contributed by atoms with Crippen molar-refractivity contribution in [2.75, 3.05) is 5.73 Å². The van der Waals surface area contributed by atoms with Crippen LogP contribution in [0.25, 0.3) is 0 Å². The molecule has 2 heterocycles. The van der Waals surface area contributed by atoms with Gasteiger partial charge in [0.2, 0.25) is 0 Å². The van der Waals surface area contributed by atoms with Crippen molar-refractivity contribution < 1.29 is 0 Å². The highest BCUT2D eigenvalue weighted by Gasteiger charge is 2.13. The molecule has 0 bridgehead atoms. The second-order valence-corrected chi connectivity index (χ2v) is 3.99. The zero-order valence-corrected chi connectivity index (χ0v) is 9.46. The minimum Gasteiger partial charge on any atom is -0.381 e. The molecule has 0 spiro atoms. The first-order valence-electron chi connectivity index (χ1n) is 5.27. The van der Waals surface area contributed by atoms with Gasteiger partial charge in [-0.3, -0.25) is 4.98 Å². The first kappa shape index (κ1) is 10.6. The van der Waals surface area contributed by atoms with Crippen molar-refractivity contribution in [3.63, 3.8) is 0 Å². The van der Waals surface area contributed by atoms with Crippen molar-refractivity contribution in [1.29, 1.82) is 0 Å². The fourth-order valence-electron chi connectivity index (χ4n) is 1.69. The lowest BCUT2D eigenvalue weighted by Crippen LogP contribution is -2.09. The van der Waals surface area contributed by atoms with Gasteiger partial charge < -0.3 is 5.73 Å². The minimum atomic E-state index is 0.304. The molecular formula is C11H15N5. The average molecular weight is 217 g/mol. The fraction of sp³-hybridized carbons (Fsp3) is 0.364. The van der Waals surface area contributed by atoms with E-state index in [0.29, 0.717) is 18.3 Å². The van der Waals surface area contributed by atoms with Crippen LogP contribution in [0.3, 0.4) is 0 Å². The van der Waals surface area contributed by atoms with Gasteiger partial charge in [0, 0.05) is 6.20 Å².